The van der Waals surface area contributed by atoms with Gasteiger partial charge in [0.15, 0.2) is 0 Å². The summed E-state index contributed by atoms with van der Waals surface area (Å²) in [7, 11) is 0. The van der Waals surface area contributed by atoms with Crippen LogP contribution in [0.3, 0.4) is 0 Å². The molecule has 19 heavy (non-hydrogen) atoms. The molecule has 0 amide bonds. The lowest BCUT2D eigenvalue weighted by Gasteiger charge is -2.25. The molecule has 1 aromatic carbocycles. The van der Waals surface area contributed by atoms with Crippen molar-refractivity contribution in [3.63, 3.8) is 0 Å². The molecule has 1 aliphatic heterocycles. The van der Waals surface area contributed by atoms with Gasteiger partial charge in [-0.1, -0.05) is 52.0 Å². The molecule has 1 heterocycles. The maximum absolute atomic E-state index is 2.64. The second kappa shape index (κ2) is 5.66. The Hall–Kier alpha value is -0.820. The molecule has 1 heteroatoms. The van der Waals surface area contributed by atoms with Crippen molar-refractivity contribution in [2.75, 3.05) is 13.1 Å². The maximum atomic E-state index is 2.64. The van der Waals surface area contributed by atoms with E-state index in [2.05, 4.69) is 63.8 Å². The van der Waals surface area contributed by atoms with Crippen molar-refractivity contribution in [2.45, 2.75) is 64.8 Å². The molecule has 0 spiro atoms. The first-order valence-corrected chi connectivity index (χ1v) is 7.78. The number of benzene rings is 1. The van der Waals surface area contributed by atoms with E-state index in [4.69, 9.17) is 0 Å². The van der Waals surface area contributed by atoms with Crippen LogP contribution in [0, 0.1) is 0 Å². The van der Waals surface area contributed by atoms with Crippen molar-refractivity contribution in [1.29, 1.82) is 0 Å². The highest BCUT2D eigenvalue weighted by molar-refractivity contribution is 5.30. The zero-order chi connectivity index (χ0) is 14.0. The van der Waals surface area contributed by atoms with Gasteiger partial charge in [-0.25, -0.2) is 0 Å². The van der Waals surface area contributed by atoms with E-state index in [0.717, 1.165) is 5.92 Å². The highest BCUT2D eigenvalue weighted by Crippen LogP contribution is 2.34. The Morgan fingerprint density at radius 2 is 1.79 bits per heavy atom. The lowest BCUT2D eigenvalue weighted by molar-refractivity contribution is 0.260. The Labute approximate surface area is 119 Å². The third-order valence-corrected chi connectivity index (χ3v) is 4.60. The Morgan fingerprint density at radius 3 is 2.32 bits per heavy atom. The van der Waals surface area contributed by atoms with E-state index in [1.165, 1.54) is 37.1 Å². The van der Waals surface area contributed by atoms with Crippen LogP contribution >= 0.6 is 0 Å². The second-order valence-corrected chi connectivity index (χ2v) is 7.04. The first kappa shape index (κ1) is 14.6. The van der Waals surface area contributed by atoms with Crippen LogP contribution in [0.1, 0.15) is 64.5 Å². The molecule has 0 bridgehead atoms. The van der Waals surface area contributed by atoms with E-state index >= 15 is 0 Å². The molecule has 0 N–H and O–H groups in total. The first-order valence-electron chi connectivity index (χ1n) is 7.78. The maximum Gasteiger partial charge on any atom is 0.0136 e. The highest BCUT2D eigenvalue weighted by Gasteiger charge is 2.31. The van der Waals surface area contributed by atoms with Gasteiger partial charge in [-0.05, 0) is 49.4 Å². The third kappa shape index (κ3) is 3.20. The second-order valence-electron chi connectivity index (χ2n) is 7.04. The molecule has 0 saturated carbocycles. The molecular formula is C18H29N. The van der Waals surface area contributed by atoms with Gasteiger partial charge in [0.1, 0.15) is 0 Å². The van der Waals surface area contributed by atoms with Gasteiger partial charge >= 0.3 is 0 Å². The predicted octanol–water partition coefficient (Wildman–Crippen LogP) is 4.57. The average Bonchev–Trinajstić information content (AvgIpc) is 2.71. The summed E-state index contributed by atoms with van der Waals surface area (Å²) >= 11 is 0. The van der Waals surface area contributed by atoms with Crippen LogP contribution in [0.4, 0.5) is 0 Å². The Morgan fingerprint density at radius 1 is 1.16 bits per heavy atom. The summed E-state index contributed by atoms with van der Waals surface area (Å²) in [6.45, 7) is 14.0. The standard InChI is InChI=1S/C18H29N/c1-6-12-19-13-11-17(14(19)2)15-7-9-16(10-8-15)18(3,4)5/h7-10,14,17H,6,11-13H2,1-5H3. The number of hydrogen-bond donors (Lipinski definition) is 0. The van der Waals surface area contributed by atoms with Crippen molar-refractivity contribution >= 4 is 0 Å². The van der Waals surface area contributed by atoms with Crippen molar-refractivity contribution in [1.82, 2.24) is 4.90 Å². The van der Waals surface area contributed by atoms with E-state index in [-0.39, 0.29) is 5.41 Å². The minimum atomic E-state index is 0.258. The van der Waals surface area contributed by atoms with Crippen molar-refractivity contribution in [2.24, 2.45) is 0 Å². The quantitative estimate of drug-likeness (QED) is 0.768. The molecule has 1 aromatic rings. The minimum Gasteiger partial charge on any atom is -0.300 e. The van der Waals surface area contributed by atoms with Crippen molar-refractivity contribution < 1.29 is 0 Å². The lowest BCUT2D eigenvalue weighted by Crippen LogP contribution is -2.30. The van der Waals surface area contributed by atoms with E-state index in [0.29, 0.717) is 6.04 Å². The van der Waals surface area contributed by atoms with Crippen molar-refractivity contribution in [3.05, 3.63) is 35.4 Å². The van der Waals surface area contributed by atoms with Gasteiger partial charge in [-0.2, -0.15) is 0 Å². The monoisotopic (exact) mass is 259 g/mol. The summed E-state index contributed by atoms with van der Waals surface area (Å²) in [5.74, 6) is 0.723. The first-order chi connectivity index (χ1) is 8.93. The number of nitrogens with zero attached hydrogens (tertiary/aromatic N) is 1. The van der Waals surface area contributed by atoms with Crippen LogP contribution in [0.2, 0.25) is 0 Å². The van der Waals surface area contributed by atoms with Crippen molar-refractivity contribution in [3.8, 4) is 0 Å². The third-order valence-electron chi connectivity index (χ3n) is 4.60. The molecule has 0 aliphatic carbocycles. The molecule has 2 rings (SSSR count). The van der Waals surface area contributed by atoms with Crippen LogP contribution in [0.15, 0.2) is 24.3 Å². The fourth-order valence-corrected chi connectivity index (χ4v) is 3.28. The minimum absolute atomic E-state index is 0.258. The summed E-state index contributed by atoms with van der Waals surface area (Å²) in [6.07, 6.45) is 2.58. The van der Waals surface area contributed by atoms with Crippen LogP contribution < -0.4 is 0 Å². The topological polar surface area (TPSA) is 3.24 Å². The molecule has 1 saturated heterocycles. The summed E-state index contributed by atoms with van der Waals surface area (Å²) in [4.78, 5) is 2.64. The molecular weight excluding hydrogens is 230 g/mol. The summed E-state index contributed by atoms with van der Waals surface area (Å²) < 4.78 is 0. The van der Waals surface area contributed by atoms with Gasteiger partial charge < -0.3 is 4.90 Å². The zero-order valence-corrected chi connectivity index (χ0v) is 13.2. The normalized spacial score (nSPS) is 24.9. The van der Waals surface area contributed by atoms with Gasteiger partial charge in [-0.3, -0.25) is 0 Å². The molecule has 2 atom stereocenters. The van der Waals surface area contributed by atoms with E-state index < -0.39 is 0 Å². The number of rotatable bonds is 3. The Kier molecular flexibility index (Phi) is 4.35. The van der Waals surface area contributed by atoms with Crippen LogP contribution in [-0.2, 0) is 5.41 Å². The fourth-order valence-electron chi connectivity index (χ4n) is 3.28. The Balaban J connectivity index is 2.11. The lowest BCUT2D eigenvalue weighted by atomic mass is 9.84. The van der Waals surface area contributed by atoms with Gasteiger partial charge in [-0.15, -0.1) is 0 Å². The number of likely N-dealkylation sites (tertiary alicyclic amines) is 1. The summed E-state index contributed by atoms with van der Waals surface area (Å²) in [6, 6.07) is 10.1. The van der Waals surface area contributed by atoms with Crippen LogP contribution in [0.5, 0.6) is 0 Å². The number of hydrogen-bond acceptors (Lipinski definition) is 1. The molecule has 2 unspecified atom stereocenters. The zero-order valence-electron chi connectivity index (χ0n) is 13.2. The smallest absolute Gasteiger partial charge is 0.0136 e. The molecule has 0 aromatic heterocycles. The highest BCUT2D eigenvalue weighted by atomic mass is 15.2. The van der Waals surface area contributed by atoms with Crippen LogP contribution in [-0.4, -0.2) is 24.0 Å². The van der Waals surface area contributed by atoms with Gasteiger partial charge in [0.05, 0.1) is 0 Å². The molecule has 1 nitrogen and oxygen atoms in total. The molecule has 106 valence electrons. The Bertz CT molecular complexity index is 399. The van der Waals surface area contributed by atoms with Gasteiger partial charge in [0.2, 0.25) is 0 Å². The fraction of sp³-hybridized carbons (Fsp3) is 0.667. The largest absolute Gasteiger partial charge is 0.300 e. The summed E-state index contributed by atoms with van der Waals surface area (Å²) in [5.41, 5.74) is 3.22. The van der Waals surface area contributed by atoms with Crippen LogP contribution in [0.25, 0.3) is 0 Å². The molecule has 1 fully saturated rings. The van der Waals surface area contributed by atoms with Gasteiger partial charge in [0.25, 0.3) is 0 Å². The SMILES string of the molecule is CCCN1CCC(c2ccc(C(C)(C)C)cc2)C1C. The van der Waals surface area contributed by atoms with E-state index in [1.54, 1.807) is 0 Å². The molecule has 1 aliphatic rings. The van der Waals surface area contributed by atoms with E-state index in [9.17, 15) is 0 Å². The summed E-state index contributed by atoms with van der Waals surface area (Å²) in [5, 5.41) is 0. The molecule has 0 radical (unpaired) electrons. The van der Waals surface area contributed by atoms with Gasteiger partial charge in [0, 0.05) is 12.0 Å². The van der Waals surface area contributed by atoms with E-state index in [1.807, 2.05) is 0 Å². The average molecular weight is 259 g/mol. The predicted molar refractivity (Wildman–Crippen MR) is 83.8 cm³/mol.